The van der Waals surface area contributed by atoms with E-state index in [0.717, 1.165) is 23.1 Å². The van der Waals surface area contributed by atoms with E-state index in [4.69, 9.17) is 4.74 Å². The minimum absolute atomic E-state index is 0.206. The molecule has 0 unspecified atom stereocenters. The number of nitrogens with zero attached hydrogens (tertiary/aromatic N) is 2. The van der Waals surface area contributed by atoms with Crippen molar-refractivity contribution >= 4 is 27.8 Å². The largest absolute Gasteiger partial charge is 0.494 e. The number of sulfonamides is 1. The Morgan fingerprint density at radius 1 is 1.00 bits per heavy atom. The SMILES string of the molecule is CCOc1ccc(/C=N/NC(=O)c2ccc(N(Cc3ccccc3)S(C)(=O)=O)cc2)cc1. The van der Waals surface area contributed by atoms with Crippen LogP contribution in [0.2, 0.25) is 0 Å². The number of hydrogen-bond acceptors (Lipinski definition) is 5. The zero-order valence-corrected chi connectivity index (χ0v) is 18.7. The number of ether oxygens (including phenoxy) is 1. The minimum atomic E-state index is -3.50. The van der Waals surface area contributed by atoms with E-state index >= 15 is 0 Å². The molecule has 0 radical (unpaired) electrons. The Morgan fingerprint density at radius 2 is 1.66 bits per heavy atom. The van der Waals surface area contributed by atoms with E-state index in [9.17, 15) is 13.2 Å². The summed E-state index contributed by atoms with van der Waals surface area (Å²) in [7, 11) is -3.50. The number of carbonyl (C=O) groups excluding carboxylic acids is 1. The molecule has 7 nitrogen and oxygen atoms in total. The second-order valence-electron chi connectivity index (χ2n) is 7.00. The van der Waals surface area contributed by atoms with E-state index in [2.05, 4.69) is 10.5 Å². The van der Waals surface area contributed by atoms with Gasteiger partial charge in [-0.1, -0.05) is 30.3 Å². The van der Waals surface area contributed by atoms with Crippen molar-refractivity contribution in [2.45, 2.75) is 13.5 Å². The second-order valence-corrected chi connectivity index (χ2v) is 8.91. The van der Waals surface area contributed by atoms with Crippen molar-refractivity contribution < 1.29 is 17.9 Å². The van der Waals surface area contributed by atoms with Crippen molar-refractivity contribution in [3.8, 4) is 5.75 Å². The molecule has 0 atom stereocenters. The predicted molar refractivity (Wildman–Crippen MR) is 127 cm³/mol. The van der Waals surface area contributed by atoms with Crippen LogP contribution in [0.1, 0.15) is 28.4 Å². The van der Waals surface area contributed by atoms with Crippen molar-refractivity contribution in [1.82, 2.24) is 5.43 Å². The van der Waals surface area contributed by atoms with Crippen molar-refractivity contribution in [3.63, 3.8) is 0 Å². The third kappa shape index (κ3) is 6.42. The maximum Gasteiger partial charge on any atom is 0.271 e. The first-order valence-corrected chi connectivity index (χ1v) is 11.9. The molecule has 0 bridgehead atoms. The average molecular weight is 452 g/mol. The van der Waals surface area contributed by atoms with Crippen molar-refractivity contribution in [1.29, 1.82) is 0 Å². The van der Waals surface area contributed by atoms with Gasteiger partial charge in [-0.15, -0.1) is 0 Å². The number of hydrazone groups is 1. The Labute approximate surface area is 188 Å². The molecule has 0 fully saturated rings. The molecule has 166 valence electrons. The Bertz CT molecular complexity index is 1160. The number of rotatable bonds is 9. The van der Waals surface area contributed by atoms with Crippen LogP contribution < -0.4 is 14.5 Å². The van der Waals surface area contributed by atoms with Crippen molar-refractivity contribution in [2.75, 3.05) is 17.2 Å². The van der Waals surface area contributed by atoms with Gasteiger partial charge in [0.05, 0.1) is 31.3 Å². The molecule has 0 saturated heterocycles. The van der Waals surface area contributed by atoms with E-state index in [1.807, 2.05) is 61.5 Å². The number of anilines is 1. The molecule has 0 spiro atoms. The molecule has 0 aromatic heterocycles. The summed E-state index contributed by atoms with van der Waals surface area (Å²) in [5, 5.41) is 3.97. The van der Waals surface area contributed by atoms with Gasteiger partial charge in [-0.25, -0.2) is 13.8 Å². The number of benzene rings is 3. The minimum Gasteiger partial charge on any atom is -0.494 e. The molecule has 3 aromatic rings. The lowest BCUT2D eigenvalue weighted by molar-refractivity contribution is 0.0955. The highest BCUT2D eigenvalue weighted by molar-refractivity contribution is 7.92. The van der Waals surface area contributed by atoms with Gasteiger partial charge in [0.1, 0.15) is 5.75 Å². The monoisotopic (exact) mass is 451 g/mol. The van der Waals surface area contributed by atoms with E-state index < -0.39 is 15.9 Å². The Hall–Kier alpha value is -3.65. The van der Waals surface area contributed by atoms with Crippen LogP contribution in [0.25, 0.3) is 0 Å². The highest BCUT2D eigenvalue weighted by Gasteiger charge is 2.18. The Balaban J connectivity index is 1.66. The lowest BCUT2D eigenvalue weighted by atomic mass is 10.2. The van der Waals surface area contributed by atoms with Crippen LogP contribution >= 0.6 is 0 Å². The molecule has 8 heteroatoms. The van der Waals surface area contributed by atoms with Gasteiger partial charge in [-0.05, 0) is 66.6 Å². The van der Waals surface area contributed by atoms with Gasteiger partial charge < -0.3 is 4.74 Å². The number of carbonyl (C=O) groups is 1. The third-order valence-electron chi connectivity index (χ3n) is 4.56. The van der Waals surface area contributed by atoms with E-state index in [1.54, 1.807) is 24.3 Å². The van der Waals surface area contributed by atoms with E-state index in [1.165, 1.54) is 10.5 Å². The van der Waals surface area contributed by atoms with Crippen LogP contribution in [-0.2, 0) is 16.6 Å². The first kappa shape index (κ1) is 23.0. The van der Waals surface area contributed by atoms with Gasteiger partial charge in [0.15, 0.2) is 0 Å². The summed E-state index contributed by atoms with van der Waals surface area (Å²) < 4.78 is 31.3. The highest BCUT2D eigenvalue weighted by atomic mass is 32.2. The maximum absolute atomic E-state index is 12.4. The predicted octanol–water partition coefficient (Wildman–Crippen LogP) is 3.82. The molecule has 3 rings (SSSR count). The van der Waals surface area contributed by atoms with Gasteiger partial charge in [0.2, 0.25) is 10.0 Å². The molecule has 0 heterocycles. The summed E-state index contributed by atoms with van der Waals surface area (Å²) in [6.07, 6.45) is 2.69. The first-order chi connectivity index (χ1) is 15.4. The van der Waals surface area contributed by atoms with E-state index in [-0.39, 0.29) is 6.54 Å². The lowest BCUT2D eigenvalue weighted by Crippen LogP contribution is -2.29. The fraction of sp³-hybridized carbons (Fsp3) is 0.167. The molecular formula is C24H25N3O4S. The number of amides is 1. The van der Waals surface area contributed by atoms with Crippen LogP contribution in [0, 0.1) is 0 Å². The standard InChI is InChI=1S/C24H25N3O4S/c1-3-31-23-15-9-19(10-16-23)17-25-26-24(28)21-11-13-22(14-12-21)27(32(2,29)30)18-20-7-5-4-6-8-20/h4-17H,3,18H2,1-2H3,(H,26,28)/b25-17+. The zero-order valence-electron chi connectivity index (χ0n) is 17.9. The molecule has 0 saturated carbocycles. The average Bonchev–Trinajstić information content (AvgIpc) is 2.79. The third-order valence-corrected chi connectivity index (χ3v) is 5.70. The summed E-state index contributed by atoms with van der Waals surface area (Å²) in [5.74, 6) is 0.372. The molecule has 0 aliphatic rings. The molecule has 3 aromatic carbocycles. The molecule has 1 amide bonds. The topological polar surface area (TPSA) is 88.1 Å². The smallest absolute Gasteiger partial charge is 0.271 e. The molecule has 0 aliphatic carbocycles. The van der Waals surface area contributed by atoms with E-state index in [0.29, 0.717) is 17.9 Å². The second kappa shape index (κ2) is 10.6. The normalized spacial score (nSPS) is 11.3. The first-order valence-electron chi connectivity index (χ1n) is 10.0. The fourth-order valence-electron chi connectivity index (χ4n) is 2.98. The number of hydrogen-bond donors (Lipinski definition) is 1. The summed E-state index contributed by atoms with van der Waals surface area (Å²) in [4.78, 5) is 12.4. The van der Waals surface area contributed by atoms with Gasteiger partial charge >= 0.3 is 0 Å². The van der Waals surface area contributed by atoms with Gasteiger partial charge in [0.25, 0.3) is 5.91 Å². The van der Waals surface area contributed by atoms with Gasteiger partial charge in [0, 0.05) is 5.56 Å². The summed E-state index contributed by atoms with van der Waals surface area (Å²) in [6.45, 7) is 2.72. The number of nitrogens with one attached hydrogen (secondary N) is 1. The van der Waals surface area contributed by atoms with Gasteiger partial charge in [-0.2, -0.15) is 5.10 Å². The molecule has 32 heavy (non-hydrogen) atoms. The van der Waals surface area contributed by atoms with Crippen LogP contribution in [0.15, 0.2) is 84.0 Å². The Morgan fingerprint density at radius 3 is 2.25 bits per heavy atom. The van der Waals surface area contributed by atoms with Gasteiger partial charge in [-0.3, -0.25) is 9.10 Å². The quantitative estimate of drug-likeness (QED) is 0.396. The maximum atomic E-state index is 12.4. The molecule has 0 aliphatic heterocycles. The fourth-order valence-corrected chi connectivity index (χ4v) is 3.86. The van der Waals surface area contributed by atoms with Crippen LogP contribution in [0.3, 0.4) is 0 Å². The summed E-state index contributed by atoms with van der Waals surface area (Å²) in [5.41, 5.74) is 5.00. The summed E-state index contributed by atoms with van der Waals surface area (Å²) >= 11 is 0. The lowest BCUT2D eigenvalue weighted by Gasteiger charge is -2.22. The highest BCUT2D eigenvalue weighted by Crippen LogP contribution is 2.21. The van der Waals surface area contributed by atoms with Crippen molar-refractivity contribution in [3.05, 3.63) is 95.6 Å². The van der Waals surface area contributed by atoms with Crippen LogP contribution in [0.5, 0.6) is 5.75 Å². The molecular weight excluding hydrogens is 426 g/mol. The zero-order chi connectivity index (χ0) is 23.0. The summed E-state index contributed by atoms with van der Waals surface area (Å²) in [6, 6.07) is 23.0. The Kier molecular flexibility index (Phi) is 7.62. The molecule has 1 N–H and O–H groups in total. The van der Waals surface area contributed by atoms with Crippen molar-refractivity contribution in [2.24, 2.45) is 5.10 Å². The van der Waals surface area contributed by atoms with Crippen LogP contribution in [0.4, 0.5) is 5.69 Å². The van der Waals surface area contributed by atoms with Crippen LogP contribution in [-0.4, -0.2) is 33.4 Å².